The molecule has 23 heavy (non-hydrogen) atoms. The first-order valence-corrected chi connectivity index (χ1v) is 7.29. The first-order chi connectivity index (χ1) is 10.8. The molecule has 0 aliphatic rings. The molecule has 5 nitrogen and oxygen atoms in total. The van der Waals surface area contributed by atoms with E-state index >= 15 is 0 Å². The summed E-state index contributed by atoms with van der Waals surface area (Å²) in [7, 11) is 2.84. The highest BCUT2D eigenvalue weighted by atomic mass is 35.5. The second kappa shape index (κ2) is 6.60. The van der Waals surface area contributed by atoms with Crippen LogP contribution >= 0.6 is 23.2 Å². The van der Waals surface area contributed by atoms with E-state index in [1.54, 1.807) is 26.1 Å². The molecule has 2 rings (SSSR count). The normalized spacial score (nSPS) is 10.5. The van der Waals surface area contributed by atoms with Crippen molar-refractivity contribution in [3.63, 3.8) is 0 Å². The Morgan fingerprint density at radius 1 is 1.39 bits per heavy atom. The van der Waals surface area contributed by atoms with Gasteiger partial charge in [-0.1, -0.05) is 23.2 Å². The summed E-state index contributed by atoms with van der Waals surface area (Å²) in [6.45, 7) is 1.77. The maximum Gasteiger partial charge on any atom is 0.358 e. The summed E-state index contributed by atoms with van der Waals surface area (Å²) >= 11 is 12.0. The molecule has 0 spiro atoms. The summed E-state index contributed by atoms with van der Waals surface area (Å²) in [6.07, 6.45) is 0. The topological polar surface area (TPSA) is 77.2 Å². The number of nitrogens with one attached hydrogen (secondary N) is 1. The van der Waals surface area contributed by atoms with Crippen molar-refractivity contribution in [3.05, 3.63) is 39.3 Å². The van der Waals surface area contributed by atoms with Crippen LogP contribution in [0.3, 0.4) is 0 Å². The molecule has 1 aromatic heterocycles. The Morgan fingerprint density at radius 3 is 2.61 bits per heavy atom. The fourth-order valence-corrected chi connectivity index (χ4v) is 2.54. The average Bonchev–Trinajstić information content (AvgIpc) is 2.55. The number of aromatic nitrogens is 1. The van der Waals surface area contributed by atoms with Gasteiger partial charge in [-0.05, 0) is 24.6 Å². The molecule has 0 saturated heterocycles. The van der Waals surface area contributed by atoms with Gasteiger partial charge in [-0.15, -0.1) is 0 Å². The van der Waals surface area contributed by atoms with Crippen LogP contribution in [0.4, 0.5) is 15.8 Å². The minimum absolute atomic E-state index is 0.114. The number of hydrogen-bond acceptors (Lipinski definition) is 5. The fourth-order valence-electron chi connectivity index (χ4n) is 2.18. The molecular weight excluding hydrogens is 344 g/mol. The van der Waals surface area contributed by atoms with E-state index in [2.05, 4.69) is 15.0 Å². The minimum atomic E-state index is -0.819. The van der Waals surface area contributed by atoms with Crippen molar-refractivity contribution in [2.45, 2.75) is 6.92 Å². The molecule has 0 amide bonds. The summed E-state index contributed by atoms with van der Waals surface area (Å²) < 4.78 is 19.2. The number of anilines is 2. The van der Waals surface area contributed by atoms with Gasteiger partial charge >= 0.3 is 5.97 Å². The maximum absolute atomic E-state index is 14.6. The average molecular weight is 358 g/mol. The number of rotatable bonds is 3. The number of ether oxygens (including phenoxy) is 1. The summed E-state index contributed by atoms with van der Waals surface area (Å²) in [4.78, 5) is 15.8. The zero-order valence-electron chi connectivity index (χ0n) is 12.6. The summed E-state index contributed by atoms with van der Waals surface area (Å²) in [5.74, 6) is -1.62. The number of nitrogens with zero attached hydrogens (tertiary/aromatic N) is 1. The van der Waals surface area contributed by atoms with Crippen molar-refractivity contribution < 1.29 is 13.9 Å². The van der Waals surface area contributed by atoms with Gasteiger partial charge in [0.25, 0.3) is 0 Å². The van der Waals surface area contributed by atoms with E-state index in [0.717, 1.165) is 0 Å². The van der Waals surface area contributed by atoms with E-state index in [4.69, 9.17) is 28.9 Å². The van der Waals surface area contributed by atoms with Crippen LogP contribution in [-0.2, 0) is 4.74 Å². The Balaban J connectivity index is 2.82. The predicted octanol–water partition coefficient (Wildman–Crippen LogP) is 3.91. The van der Waals surface area contributed by atoms with Crippen LogP contribution in [0, 0.1) is 12.7 Å². The highest BCUT2D eigenvalue weighted by Crippen LogP contribution is 2.38. The number of carbonyl (C=O) groups excluding carboxylic acids is 1. The fraction of sp³-hybridized carbons (Fsp3) is 0.200. The van der Waals surface area contributed by atoms with Gasteiger partial charge in [-0.25, -0.2) is 14.2 Å². The summed E-state index contributed by atoms with van der Waals surface area (Å²) in [5, 5.41) is 3.17. The molecule has 0 aliphatic heterocycles. The highest BCUT2D eigenvalue weighted by molar-refractivity contribution is 6.36. The molecule has 122 valence electrons. The first-order valence-electron chi connectivity index (χ1n) is 6.53. The second-order valence-electron chi connectivity index (χ2n) is 4.69. The van der Waals surface area contributed by atoms with E-state index in [1.807, 2.05) is 0 Å². The van der Waals surface area contributed by atoms with Crippen molar-refractivity contribution in [1.29, 1.82) is 0 Å². The zero-order valence-corrected chi connectivity index (χ0v) is 14.1. The van der Waals surface area contributed by atoms with E-state index in [-0.39, 0.29) is 22.1 Å². The molecular formula is C15H14Cl2FN3O2. The first kappa shape index (κ1) is 17.3. The number of methoxy groups -OCH3 is 1. The van der Waals surface area contributed by atoms with Gasteiger partial charge in [0.1, 0.15) is 5.69 Å². The molecule has 1 aromatic carbocycles. The number of benzene rings is 1. The van der Waals surface area contributed by atoms with E-state index in [0.29, 0.717) is 21.8 Å². The lowest BCUT2D eigenvalue weighted by atomic mass is 10.0. The quantitative estimate of drug-likeness (QED) is 0.814. The standard InChI is InChI=1S/C15H14Cl2FN3O2/c1-6-8(16)5-4-7(12(6)20-2)13-10(18)11(19)9(17)14(21-13)15(22)23-3/h4-5,20H,1-3H3,(H2,19,21). The zero-order chi connectivity index (χ0) is 17.3. The molecule has 0 atom stereocenters. The minimum Gasteiger partial charge on any atom is -0.464 e. The number of halogens is 3. The van der Waals surface area contributed by atoms with Gasteiger partial charge in [-0.3, -0.25) is 0 Å². The van der Waals surface area contributed by atoms with E-state index in [9.17, 15) is 9.18 Å². The third-order valence-electron chi connectivity index (χ3n) is 3.40. The molecule has 1 heterocycles. The van der Waals surface area contributed by atoms with Crippen molar-refractivity contribution in [1.82, 2.24) is 4.98 Å². The van der Waals surface area contributed by atoms with Gasteiger partial charge in [0.05, 0.1) is 17.8 Å². The third kappa shape index (κ3) is 2.92. The Hall–Kier alpha value is -2.05. The number of nitrogen functional groups attached to an aromatic ring is 1. The van der Waals surface area contributed by atoms with Crippen LogP contribution in [0.1, 0.15) is 16.1 Å². The molecule has 0 bridgehead atoms. The Kier molecular flexibility index (Phi) is 4.97. The number of hydrogen-bond donors (Lipinski definition) is 2. The predicted molar refractivity (Wildman–Crippen MR) is 89.7 cm³/mol. The van der Waals surface area contributed by atoms with Gasteiger partial charge in [0, 0.05) is 23.3 Å². The smallest absolute Gasteiger partial charge is 0.358 e. The van der Waals surface area contributed by atoms with Crippen LogP contribution in [0.2, 0.25) is 10.0 Å². The van der Waals surface area contributed by atoms with Crippen molar-refractivity contribution >= 4 is 40.5 Å². The number of carbonyl (C=O) groups is 1. The number of pyridine rings is 1. The van der Waals surface area contributed by atoms with Crippen LogP contribution in [0.15, 0.2) is 12.1 Å². The van der Waals surface area contributed by atoms with Crippen LogP contribution in [0.25, 0.3) is 11.3 Å². The van der Waals surface area contributed by atoms with Gasteiger partial charge in [0.15, 0.2) is 11.5 Å². The van der Waals surface area contributed by atoms with Crippen LogP contribution in [-0.4, -0.2) is 25.1 Å². The lowest BCUT2D eigenvalue weighted by molar-refractivity contribution is 0.0594. The van der Waals surface area contributed by atoms with E-state index < -0.39 is 11.8 Å². The third-order valence-corrected chi connectivity index (χ3v) is 4.19. The maximum atomic E-state index is 14.6. The van der Waals surface area contributed by atoms with Crippen LogP contribution < -0.4 is 11.1 Å². The Morgan fingerprint density at radius 2 is 2.04 bits per heavy atom. The second-order valence-corrected chi connectivity index (χ2v) is 5.47. The van der Waals surface area contributed by atoms with E-state index in [1.165, 1.54) is 7.11 Å². The van der Waals surface area contributed by atoms with Crippen molar-refractivity contribution in [2.75, 3.05) is 25.2 Å². The largest absolute Gasteiger partial charge is 0.464 e. The molecule has 0 radical (unpaired) electrons. The molecule has 2 aromatic rings. The molecule has 0 unspecified atom stereocenters. The van der Waals surface area contributed by atoms with Gasteiger partial charge in [0.2, 0.25) is 0 Å². The van der Waals surface area contributed by atoms with Crippen LogP contribution in [0.5, 0.6) is 0 Å². The molecule has 8 heteroatoms. The summed E-state index contributed by atoms with van der Waals surface area (Å²) in [6, 6.07) is 3.19. The van der Waals surface area contributed by atoms with Gasteiger partial charge < -0.3 is 15.8 Å². The monoisotopic (exact) mass is 357 g/mol. The molecule has 0 fully saturated rings. The number of esters is 1. The Bertz CT molecular complexity index is 797. The van der Waals surface area contributed by atoms with Crippen molar-refractivity contribution in [3.8, 4) is 11.3 Å². The lowest BCUT2D eigenvalue weighted by Gasteiger charge is -2.16. The summed E-state index contributed by atoms with van der Waals surface area (Å²) in [5.41, 5.74) is 6.62. The lowest BCUT2D eigenvalue weighted by Crippen LogP contribution is -2.11. The number of nitrogens with two attached hydrogens (primary N) is 1. The van der Waals surface area contributed by atoms with Gasteiger partial charge in [-0.2, -0.15) is 0 Å². The highest BCUT2D eigenvalue weighted by Gasteiger charge is 2.24. The van der Waals surface area contributed by atoms with Crippen molar-refractivity contribution in [2.24, 2.45) is 0 Å². The molecule has 3 N–H and O–H groups in total. The Labute approximate surface area is 142 Å². The molecule has 0 saturated carbocycles. The SMILES string of the molecule is CNc1c(-c2nc(C(=O)OC)c(Cl)c(N)c2F)ccc(Cl)c1C. The molecule has 0 aliphatic carbocycles.